The Morgan fingerprint density at radius 1 is 1.17 bits per heavy atom. The molecule has 2 aromatic rings. The predicted molar refractivity (Wildman–Crippen MR) is 66.4 cm³/mol. The van der Waals surface area contributed by atoms with Crippen molar-refractivity contribution in [2.75, 3.05) is 7.11 Å². The van der Waals surface area contributed by atoms with Crippen molar-refractivity contribution in [3.8, 4) is 5.88 Å². The number of rotatable bonds is 3. The lowest BCUT2D eigenvalue weighted by molar-refractivity contribution is 0.206. The molecule has 0 radical (unpaired) electrons. The summed E-state index contributed by atoms with van der Waals surface area (Å²) in [5.74, 6) is 0.324. The van der Waals surface area contributed by atoms with Crippen LogP contribution in [0.4, 0.5) is 0 Å². The molecule has 0 bridgehead atoms. The predicted octanol–water partition coefficient (Wildman–Crippen LogP) is 1.58. The Kier molecular flexibility index (Phi) is 3.53. The molecule has 0 saturated heterocycles. The second-order valence-corrected chi connectivity index (χ2v) is 3.98. The lowest BCUT2D eigenvalue weighted by Crippen LogP contribution is -2.08. The van der Waals surface area contributed by atoms with Gasteiger partial charge in [0.25, 0.3) is 0 Å². The van der Waals surface area contributed by atoms with E-state index in [1.54, 1.807) is 0 Å². The molecule has 2 aromatic heterocycles. The molecule has 1 N–H and O–H groups in total. The van der Waals surface area contributed by atoms with Gasteiger partial charge >= 0.3 is 0 Å². The van der Waals surface area contributed by atoms with Gasteiger partial charge in [-0.25, -0.2) is 4.98 Å². The smallest absolute Gasteiger partial charge is 0.238 e. The normalized spacial score (nSPS) is 12.2. The number of aliphatic hydroxyl groups excluding tert-OH is 1. The van der Waals surface area contributed by atoms with Gasteiger partial charge in [-0.2, -0.15) is 0 Å². The fourth-order valence-corrected chi connectivity index (χ4v) is 1.81. The highest BCUT2D eigenvalue weighted by Crippen LogP contribution is 2.27. The first-order chi connectivity index (χ1) is 8.63. The average molecular weight is 245 g/mol. The van der Waals surface area contributed by atoms with Crippen molar-refractivity contribution in [3.05, 3.63) is 47.2 Å². The van der Waals surface area contributed by atoms with Gasteiger partial charge in [0.05, 0.1) is 7.11 Å². The van der Waals surface area contributed by atoms with E-state index in [2.05, 4.69) is 15.0 Å². The minimum absolute atomic E-state index is 0.324. The zero-order valence-corrected chi connectivity index (χ0v) is 10.6. The van der Waals surface area contributed by atoms with Crippen molar-refractivity contribution < 1.29 is 9.84 Å². The molecule has 0 aliphatic carbocycles. The standard InChI is InChI=1S/C13H15N3O2/c1-8-4-5-10(9(2)16-8)12(17)11-13(18-3)15-7-6-14-11/h4-7,12,17H,1-3H3. The van der Waals surface area contributed by atoms with Gasteiger partial charge in [-0.1, -0.05) is 6.07 Å². The number of hydrogen-bond donors (Lipinski definition) is 1. The maximum atomic E-state index is 10.4. The van der Waals surface area contributed by atoms with E-state index in [9.17, 15) is 5.11 Å². The second kappa shape index (κ2) is 5.10. The number of nitrogens with zero attached hydrogens (tertiary/aromatic N) is 3. The molecule has 0 aliphatic heterocycles. The van der Waals surface area contributed by atoms with Crippen molar-refractivity contribution in [1.82, 2.24) is 15.0 Å². The third-order valence-electron chi connectivity index (χ3n) is 2.70. The largest absolute Gasteiger partial charge is 0.480 e. The highest BCUT2D eigenvalue weighted by Gasteiger charge is 2.20. The van der Waals surface area contributed by atoms with Crippen LogP contribution in [0.1, 0.15) is 28.7 Å². The van der Waals surface area contributed by atoms with E-state index >= 15 is 0 Å². The third-order valence-corrected chi connectivity index (χ3v) is 2.70. The van der Waals surface area contributed by atoms with Gasteiger partial charge in [-0.05, 0) is 19.9 Å². The third kappa shape index (κ3) is 2.31. The van der Waals surface area contributed by atoms with Crippen molar-refractivity contribution in [3.63, 3.8) is 0 Å². The molecule has 1 unspecified atom stereocenters. The first-order valence-corrected chi connectivity index (χ1v) is 5.60. The first kappa shape index (κ1) is 12.4. The van der Waals surface area contributed by atoms with Crippen molar-refractivity contribution in [1.29, 1.82) is 0 Å². The Labute approximate surface area is 106 Å². The van der Waals surface area contributed by atoms with Crippen LogP contribution in [0.3, 0.4) is 0 Å². The maximum Gasteiger partial charge on any atom is 0.238 e. The molecule has 94 valence electrons. The van der Waals surface area contributed by atoms with Crippen LogP contribution in [0, 0.1) is 13.8 Å². The van der Waals surface area contributed by atoms with Crippen LogP contribution in [0.5, 0.6) is 5.88 Å². The molecule has 18 heavy (non-hydrogen) atoms. The Morgan fingerprint density at radius 2 is 1.89 bits per heavy atom. The zero-order valence-electron chi connectivity index (χ0n) is 10.6. The average Bonchev–Trinajstić information content (AvgIpc) is 2.38. The molecule has 2 heterocycles. The summed E-state index contributed by atoms with van der Waals surface area (Å²) in [5, 5.41) is 10.4. The summed E-state index contributed by atoms with van der Waals surface area (Å²) in [5.41, 5.74) is 2.79. The van der Waals surface area contributed by atoms with E-state index in [-0.39, 0.29) is 0 Å². The molecular formula is C13H15N3O2. The molecule has 0 aliphatic rings. The van der Waals surface area contributed by atoms with Crippen molar-refractivity contribution in [2.24, 2.45) is 0 Å². The summed E-state index contributed by atoms with van der Waals surface area (Å²) in [6, 6.07) is 3.70. The van der Waals surface area contributed by atoms with Crippen LogP contribution >= 0.6 is 0 Å². The number of aryl methyl sites for hydroxylation is 2. The summed E-state index contributed by atoms with van der Waals surface area (Å²) in [4.78, 5) is 12.5. The van der Waals surface area contributed by atoms with Gasteiger partial charge in [0, 0.05) is 29.3 Å². The quantitative estimate of drug-likeness (QED) is 0.889. The molecule has 0 fully saturated rings. The second-order valence-electron chi connectivity index (χ2n) is 3.98. The minimum atomic E-state index is -0.887. The number of ether oxygens (including phenoxy) is 1. The van der Waals surface area contributed by atoms with E-state index in [1.165, 1.54) is 19.5 Å². The lowest BCUT2D eigenvalue weighted by atomic mass is 10.0. The minimum Gasteiger partial charge on any atom is -0.480 e. The molecule has 5 nitrogen and oxygen atoms in total. The van der Waals surface area contributed by atoms with Crippen LogP contribution in [0.2, 0.25) is 0 Å². The first-order valence-electron chi connectivity index (χ1n) is 5.60. The Balaban J connectivity index is 2.44. The van der Waals surface area contributed by atoms with Crippen LogP contribution < -0.4 is 4.74 Å². The lowest BCUT2D eigenvalue weighted by Gasteiger charge is -2.14. The van der Waals surface area contributed by atoms with Crippen LogP contribution in [0.15, 0.2) is 24.5 Å². The topological polar surface area (TPSA) is 68.1 Å². The van der Waals surface area contributed by atoms with E-state index in [1.807, 2.05) is 26.0 Å². The molecule has 1 atom stereocenters. The van der Waals surface area contributed by atoms with Crippen molar-refractivity contribution >= 4 is 0 Å². The number of pyridine rings is 1. The number of methoxy groups -OCH3 is 1. The summed E-state index contributed by atoms with van der Waals surface area (Å²) in [7, 11) is 1.50. The van der Waals surface area contributed by atoms with E-state index < -0.39 is 6.10 Å². The molecule has 0 spiro atoms. The molecule has 5 heteroatoms. The van der Waals surface area contributed by atoms with Crippen LogP contribution in [0.25, 0.3) is 0 Å². The summed E-state index contributed by atoms with van der Waals surface area (Å²) >= 11 is 0. The van der Waals surface area contributed by atoms with Gasteiger partial charge in [-0.3, -0.25) is 9.97 Å². The van der Waals surface area contributed by atoms with E-state index in [4.69, 9.17) is 4.74 Å². The Morgan fingerprint density at radius 3 is 2.56 bits per heavy atom. The van der Waals surface area contributed by atoms with Gasteiger partial charge in [0.2, 0.25) is 5.88 Å². The van der Waals surface area contributed by atoms with Crippen molar-refractivity contribution in [2.45, 2.75) is 20.0 Å². The summed E-state index contributed by atoms with van der Waals surface area (Å²) in [6.07, 6.45) is 2.16. The SMILES string of the molecule is COc1nccnc1C(O)c1ccc(C)nc1C. The highest BCUT2D eigenvalue weighted by molar-refractivity contribution is 5.33. The summed E-state index contributed by atoms with van der Waals surface area (Å²) in [6.45, 7) is 3.76. The van der Waals surface area contributed by atoms with Gasteiger partial charge < -0.3 is 9.84 Å². The highest BCUT2D eigenvalue weighted by atomic mass is 16.5. The molecule has 0 aromatic carbocycles. The molecule has 0 saturated carbocycles. The molecular weight excluding hydrogens is 230 g/mol. The number of aliphatic hydroxyl groups is 1. The summed E-state index contributed by atoms with van der Waals surface area (Å²) < 4.78 is 5.10. The number of hydrogen-bond acceptors (Lipinski definition) is 5. The van der Waals surface area contributed by atoms with Crippen LogP contribution in [-0.2, 0) is 0 Å². The Hall–Kier alpha value is -2.01. The maximum absolute atomic E-state index is 10.4. The van der Waals surface area contributed by atoms with Gasteiger partial charge in [-0.15, -0.1) is 0 Å². The zero-order chi connectivity index (χ0) is 13.1. The van der Waals surface area contributed by atoms with E-state index in [0.717, 1.165) is 11.4 Å². The van der Waals surface area contributed by atoms with E-state index in [0.29, 0.717) is 17.1 Å². The monoisotopic (exact) mass is 245 g/mol. The number of aromatic nitrogens is 3. The van der Waals surface area contributed by atoms with Crippen LogP contribution in [-0.4, -0.2) is 27.2 Å². The molecule has 0 amide bonds. The van der Waals surface area contributed by atoms with Gasteiger partial charge in [0.15, 0.2) is 0 Å². The Bertz CT molecular complexity index is 558. The fraction of sp³-hybridized carbons (Fsp3) is 0.308. The van der Waals surface area contributed by atoms with Gasteiger partial charge in [0.1, 0.15) is 11.8 Å². The fourth-order valence-electron chi connectivity index (χ4n) is 1.81. The molecule has 2 rings (SSSR count).